The second-order valence-corrected chi connectivity index (χ2v) is 17.9. The lowest BCUT2D eigenvalue weighted by atomic mass is 9.78. The number of H-pyrrole nitrogens is 1. The highest BCUT2D eigenvalue weighted by molar-refractivity contribution is 7.12. The van der Waals surface area contributed by atoms with E-state index >= 15 is 0 Å². The number of amides is 2. The van der Waals surface area contributed by atoms with Gasteiger partial charge in [-0.2, -0.15) is 0 Å². The van der Waals surface area contributed by atoms with Gasteiger partial charge in [0.25, 0.3) is 0 Å². The number of thiophene rings is 1. The number of aromatic nitrogens is 3. The van der Waals surface area contributed by atoms with Crippen molar-refractivity contribution in [2.45, 2.75) is 103 Å². The highest BCUT2D eigenvalue weighted by atomic mass is 32.1. The maximum absolute atomic E-state index is 13.7. The first-order valence-corrected chi connectivity index (χ1v) is 20.2. The molecule has 2 aromatic carbocycles. The lowest BCUT2D eigenvalue weighted by Gasteiger charge is -2.32. The Hall–Kier alpha value is -4.59. The van der Waals surface area contributed by atoms with Crippen LogP contribution in [0.3, 0.4) is 0 Å². The van der Waals surface area contributed by atoms with Crippen LogP contribution in [0.25, 0.3) is 33.4 Å². The Morgan fingerprint density at radius 2 is 1.76 bits per heavy atom. The van der Waals surface area contributed by atoms with Crippen molar-refractivity contribution in [1.82, 2.24) is 24.8 Å². The highest BCUT2D eigenvalue weighted by Crippen LogP contribution is 2.49. The first-order valence-electron chi connectivity index (χ1n) is 19.4. The van der Waals surface area contributed by atoms with Crippen LogP contribution in [0.1, 0.15) is 101 Å². The Kier molecular flexibility index (Phi) is 8.71. The standard InChI is InChI=1S/C42H48BN5O6S/c1-23(2)36(46-40(50)51-7)38(49)47-18-8-9-31(47)37-44-22-29(45-37)25-12-14-28-32-20-26-19-27(43-53-41(3,4)42(5,6)54-43)13-15-30(26)48(32)39(52-33(28)21-25)35-17-16-34(55-35)24-10-11-24/h12-17,19-24,31,36,39H,8-11,18H2,1-7H3,(H,44,45)(H,46,50)/t31-,36-,39?/m0/s1. The largest absolute Gasteiger partial charge is 0.494 e. The van der Waals surface area contributed by atoms with Crippen molar-refractivity contribution in [2.75, 3.05) is 13.7 Å². The number of hydrogen-bond donors (Lipinski definition) is 2. The number of likely N-dealkylation sites (tertiary alicyclic amines) is 1. The minimum Gasteiger partial charge on any atom is -0.464 e. The van der Waals surface area contributed by atoms with Crippen LogP contribution >= 0.6 is 11.3 Å². The van der Waals surface area contributed by atoms with Gasteiger partial charge in [-0.05, 0) is 107 Å². The number of imidazole rings is 1. The summed E-state index contributed by atoms with van der Waals surface area (Å²) >= 11 is 1.85. The number of methoxy groups -OCH3 is 1. The molecule has 4 aliphatic rings. The number of aromatic amines is 1. The summed E-state index contributed by atoms with van der Waals surface area (Å²) in [5.41, 5.74) is 5.11. The van der Waals surface area contributed by atoms with E-state index in [-0.39, 0.29) is 24.1 Å². The molecule has 2 saturated heterocycles. The van der Waals surface area contributed by atoms with Crippen molar-refractivity contribution in [3.8, 4) is 28.3 Å². The molecule has 11 nitrogen and oxygen atoms in total. The first kappa shape index (κ1) is 36.1. The quantitative estimate of drug-likeness (QED) is 0.154. The van der Waals surface area contributed by atoms with E-state index in [1.165, 1.54) is 29.7 Å². The maximum Gasteiger partial charge on any atom is 0.494 e. The van der Waals surface area contributed by atoms with E-state index in [4.69, 9.17) is 23.8 Å². The third-order valence-corrected chi connectivity index (χ3v) is 13.4. The normalized spacial score (nSPS) is 21.7. The zero-order valence-electron chi connectivity index (χ0n) is 32.5. The highest BCUT2D eigenvalue weighted by Gasteiger charge is 2.52. The van der Waals surface area contributed by atoms with Gasteiger partial charge in [0, 0.05) is 27.9 Å². The zero-order valence-corrected chi connectivity index (χ0v) is 33.3. The fraction of sp³-hybridized carbons (Fsp3) is 0.452. The molecular weight excluding hydrogens is 713 g/mol. The number of hydrogen-bond acceptors (Lipinski definition) is 8. The van der Waals surface area contributed by atoms with Gasteiger partial charge in [0.05, 0.1) is 52.3 Å². The van der Waals surface area contributed by atoms with Gasteiger partial charge in [0.1, 0.15) is 17.6 Å². The number of alkyl carbamates (subject to hydrolysis) is 1. The van der Waals surface area contributed by atoms with E-state index in [9.17, 15) is 9.59 Å². The summed E-state index contributed by atoms with van der Waals surface area (Å²) in [6.45, 7) is 12.7. The summed E-state index contributed by atoms with van der Waals surface area (Å²) in [6, 6.07) is 18.6. The van der Waals surface area contributed by atoms with Gasteiger partial charge in [0.15, 0.2) is 0 Å². The van der Waals surface area contributed by atoms with Crippen LogP contribution in [0.15, 0.2) is 60.8 Å². The first-order chi connectivity index (χ1) is 26.3. The summed E-state index contributed by atoms with van der Waals surface area (Å²) in [4.78, 5) is 38.5. The molecule has 55 heavy (non-hydrogen) atoms. The average Bonchev–Trinajstić information content (AvgIpc) is 3.62. The number of carbonyl (C=O) groups is 2. The Morgan fingerprint density at radius 3 is 2.49 bits per heavy atom. The van der Waals surface area contributed by atoms with Gasteiger partial charge < -0.3 is 34.0 Å². The number of nitrogens with zero attached hydrogens (tertiary/aromatic N) is 3. The number of ether oxygens (including phenoxy) is 2. The summed E-state index contributed by atoms with van der Waals surface area (Å²) in [7, 11) is 0.853. The molecule has 1 saturated carbocycles. The van der Waals surface area contributed by atoms with Crippen LogP contribution in [0.4, 0.5) is 4.79 Å². The average molecular weight is 762 g/mol. The molecule has 6 heterocycles. The summed E-state index contributed by atoms with van der Waals surface area (Å²) < 4.78 is 27.0. The van der Waals surface area contributed by atoms with Crippen LogP contribution < -0.4 is 15.5 Å². The molecule has 3 atom stereocenters. The van der Waals surface area contributed by atoms with Gasteiger partial charge in [-0.25, -0.2) is 9.78 Å². The monoisotopic (exact) mass is 761 g/mol. The second-order valence-electron chi connectivity index (χ2n) is 16.7. The van der Waals surface area contributed by atoms with E-state index in [1.54, 1.807) is 0 Å². The Morgan fingerprint density at radius 1 is 1.00 bits per heavy atom. The zero-order chi connectivity index (χ0) is 38.4. The van der Waals surface area contributed by atoms with Gasteiger partial charge in [-0.1, -0.05) is 32.0 Å². The SMILES string of the molecule is COC(=O)N[C@H](C(=O)N1CCC[C@H]1c1ncc(-c2ccc3c(c2)OC(c2ccc(C4CC4)s2)n2c-3cc3cc(B4OC(C)(C)C(C)(C)O4)ccc32)[nH]1)C(C)C. The van der Waals surface area contributed by atoms with Crippen LogP contribution in [0.2, 0.25) is 0 Å². The topological polar surface area (TPSA) is 120 Å². The second kappa shape index (κ2) is 13.3. The van der Waals surface area contributed by atoms with Crippen molar-refractivity contribution in [3.63, 3.8) is 0 Å². The molecule has 0 spiro atoms. The number of benzene rings is 2. The molecule has 9 rings (SSSR count). The Bertz CT molecular complexity index is 2290. The van der Waals surface area contributed by atoms with Crippen molar-refractivity contribution < 1.29 is 28.4 Å². The molecule has 286 valence electrons. The van der Waals surface area contributed by atoms with Crippen molar-refractivity contribution in [3.05, 3.63) is 76.4 Å². The molecule has 3 aromatic heterocycles. The van der Waals surface area contributed by atoms with Gasteiger partial charge in [-0.3, -0.25) is 9.36 Å². The number of nitrogens with one attached hydrogen (secondary N) is 2. The number of fused-ring (bicyclic) bond motifs is 5. The van der Waals surface area contributed by atoms with Gasteiger partial charge in [-0.15, -0.1) is 11.3 Å². The third kappa shape index (κ3) is 6.24. The van der Waals surface area contributed by atoms with Crippen molar-refractivity contribution in [1.29, 1.82) is 0 Å². The molecule has 1 unspecified atom stereocenters. The Balaban J connectivity index is 1.05. The van der Waals surface area contributed by atoms with Gasteiger partial charge >= 0.3 is 13.2 Å². The lowest BCUT2D eigenvalue weighted by molar-refractivity contribution is -0.135. The summed E-state index contributed by atoms with van der Waals surface area (Å²) in [5, 5.41) is 3.83. The summed E-state index contributed by atoms with van der Waals surface area (Å²) in [6.07, 6.45) is 5.01. The molecule has 2 N–H and O–H groups in total. The van der Waals surface area contributed by atoms with E-state index in [0.29, 0.717) is 12.5 Å². The van der Waals surface area contributed by atoms with E-state index in [1.807, 2.05) is 36.3 Å². The molecule has 3 fully saturated rings. The molecule has 13 heteroatoms. The molecule has 5 aromatic rings. The molecule has 3 aliphatic heterocycles. The predicted molar refractivity (Wildman–Crippen MR) is 214 cm³/mol. The molecule has 2 amide bonds. The van der Waals surface area contributed by atoms with Crippen molar-refractivity contribution in [2.24, 2.45) is 5.92 Å². The molecular formula is C42H48BN5O6S. The van der Waals surface area contributed by atoms with Crippen molar-refractivity contribution >= 4 is 46.8 Å². The molecule has 1 aliphatic carbocycles. The van der Waals surface area contributed by atoms with Crippen LogP contribution in [0, 0.1) is 5.92 Å². The van der Waals surface area contributed by atoms with Gasteiger partial charge in [0.2, 0.25) is 12.1 Å². The lowest BCUT2D eigenvalue weighted by Crippen LogP contribution is -2.51. The number of rotatable bonds is 8. The minimum absolute atomic E-state index is 0.107. The van der Waals surface area contributed by atoms with Crippen LogP contribution in [0.5, 0.6) is 5.75 Å². The number of carbonyl (C=O) groups excluding carboxylic acids is 2. The fourth-order valence-electron chi connectivity index (χ4n) is 8.13. The van der Waals surface area contributed by atoms with Crippen LogP contribution in [-0.4, -0.2) is 69.5 Å². The summed E-state index contributed by atoms with van der Waals surface area (Å²) in [5.74, 6) is 1.94. The van der Waals surface area contributed by atoms with E-state index < -0.39 is 30.5 Å². The molecule has 0 bridgehead atoms. The van der Waals surface area contributed by atoms with E-state index in [0.717, 1.165) is 63.3 Å². The third-order valence-electron chi connectivity index (χ3n) is 12.1. The fourth-order valence-corrected chi connectivity index (χ4v) is 9.33. The molecule has 0 radical (unpaired) electrons. The smallest absolute Gasteiger partial charge is 0.464 e. The minimum atomic E-state index is -0.692. The predicted octanol–water partition coefficient (Wildman–Crippen LogP) is 7.92. The van der Waals surface area contributed by atoms with E-state index in [2.05, 4.69) is 97.2 Å². The Labute approximate surface area is 325 Å². The van der Waals surface area contributed by atoms with Crippen LogP contribution in [-0.2, 0) is 18.8 Å². The maximum atomic E-state index is 13.7.